The molecule has 0 radical (unpaired) electrons. The van der Waals surface area contributed by atoms with Crippen LogP contribution in [0.2, 0.25) is 0 Å². The van der Waals surface area contributed by atoms with Crippen molar-refractivity contribution in [3.05, 3.63) is 28.2 Å². The summed E-state index contributed by atoms with van der Waals surface area (Å²) in [5.74, 6) is 0.598. The zero-order chi connectivity index (χ0) is 12.4. The Hall–Kier alpha value is -1.76. The first-order valence-electron chi connectivity index (χ1n) is 5.14. The quantitative estimate of drug-likeness (QED) is 0.885. The highest BCUT2D eigenvalue weighted by molar-refractivity contribution is 7.11. The molecule has 0 aliphatic carbocycles. The van der Waals surface area contributed by atoms with Crippen molar-refractivity contribution in [2.75, 3.05) is 0 Å². The molecule has 0 fully saturated rings. The third-order valence-corrected chi connectivity index (χ3v) is 3.36. The number of nitrogens with one attached hydrogen (secondary N) is 1. The SMILES string of the molecule is Cc1ncsc1C(=O)N[C@@H](C)c1ncnn1C. The standard InChI is InChI=1S/C10H13N5OS/c1-6-8(17-5-12-6)10(16)14-7(2)9-11-4-13-15(9)3/h4-5,7H,1-3H3,(H,14,16)/t7-/m0/s1. The van der Waals surface area contributed by atoms with E-state index in [-0.39, 0.29) is 11.9 Å². The third kappa shape index (κ3) is 2.33. The third-order valence-electron chi connectivity index (χ3n) is 2.43. The molecule has 0 unspecified atom stereocenters. The maximum Gasteiger partial charge on any atom is 0.263 e. The lowest BCUT2D eigenvalue weighted by Gasteiger charge is -2.12. The van der Waals surface area contributed by atoms with E-state index in [4.69, 9.17) is 0 Å². The molecule has 0 bridgehead atoms. The minimum absolute atomic E-state index is 0.125. The van der Waals surface area contributed by atoms with Gasteiger partial charge in [0.05, 0.1) is 17.2 Å². The summed E-state index contributed by atoms with van der Waals surface area (Å²) in [6.07, 6.45) is 1.47. The average molecular weight is 251 g/mol. The van der Waals surface area contributed by atoms with Gasteiger partial charge in [0.2, 0.25) is 0 Å². The molecule has 7 heteroatoms. The van der Waals surface area contributed by atoms with Crippen LogP contribution < -0.4 is 5.32 Å². The van der Waals surface area contributed by atoms with E-state index in [1.807, 2.05) is 13.8 Å². The van der Waals surface area contributed by atoms with Crippen LogP contribution in [0.5, 0.6) is 0 Å². The molecule has 6 nitrogen and oxygen atoms in total. The van der Waals surface area contributed by atoms with Crippen LogP contribution in [-0.4, -0.2) is 25.7 Å². The molecule has 2 aromatic rings. The number of hydrogen-bond donors (Lipinski definition) is 1. The smallest absolute Gasteiger partial charge is 0.263 e. The molecular formula is C10H13N5OS. The number of rotatable bonds is 3. The lowest BCUT2D eigenvalue weighted by Crippen LogP contribution is -2.28. The molecule has 1 atom stereocenters. The van der Waals surface area contributed by atoms with E-state index in [2.05, 4.69) is 20.4 Å². The highest BCUT2D eigenvalue weighted by Crippen LogP contribution is 2.14. The van der Waals surface area contributed by atoms with Crippen LogP contribution in [0, 0.1) is 6.92 Å². The van der Waals surface area contributed by atoms with Gasteiger partial charge < -0.3 is 5.32 Å². The maximum atomic E-state index is 11.9. The van der Waals surface area contributed by atoms with Crippen LogP contribution >= 0.6 is 11.3 Å². The van der Waals surface area contributed by atoms with Gasteiger partial charge in [-0.15, -0.1) is 11.3 Å². The number of thiazole rings is 1. The maximum absolute atomic E-state index is 11.9. The van der Waals surface area contributed by atoms with E-state index in [0.717, 1.165) is 11.5 Å². The average Bonchev–Trinajstić information content (AvgIpc) is 2.86. The summed E-state index contributed by atoms with van der Waals surface area (Å²) in [5, 5.41) is 6.84. The van der Waals surface area contributed by atoms with Crippen LogP contribution in [0.25, 0.3) is 0 Å². The van der Waals surface area contributed by atoms with Crippen molar-refractivity contribution in [1.82, 2.24) is 25.1 Å². The van der Waals surface area contributed by atoms with Crippen LogP contribution in [-0.2, 0) is 7.05 Å². The predicted molar refractivity (Wildman–Crippen MR) is 63.7 cm³/mol. The fraction of sp³-hybridized carbons (Fsp3) is 0.400. The van der Waals surface area contributed by atoms with Gasteiger partial charge in [0, 0.05) is 7.05 Å². The van der Waals surface area contributed by atoms with Gasteiger partial charge in [0.1, 0.15) is 17.0 Å². The number of nitrogens with zero attached hydrogens (tertiary/aromatic N) is 4. The summed E-state index contributed by atoms with van der Waals surface area (Å²) in [5.41, 5.74) is 2.41. The van der Waals surface area contributed by atoms with Crippen molar-refractivity contribution in [1.29, 1.82) is 0 Å². The van der Waals surface area contributed by atoms with Gasteiger partial charge in [0.25, 0.3) is 5.91 Å². The Morgan fingerprint density at radius 2 is 2.29 bits per heavy atom. The molecule has 0 aromatic carbocycles. The normalized spacial score (nSPS) is 12.4. The van der Waals surface area contributed by atoms with Crippen molar-refractivity contribution < 1.29 is 4.79 Å². The van der Waals surface area contributed by atoms with Crippen LogP contribution in [0.3, 0.4) is 0 Å². The summed E-state index contributed by atoms with van der Waals surface area (Å²) >= 11 is 1.34. The highest BCUT2D eigenvalue weighted by atomic mass is 32.1. The molecule has 2 rings (SSSR count). The molecule has 2 heterocycles. The number of amides is 1. The summed E-state index contributed by atoms with van der Waals surface area (Å²) in [6, 6.07) is -0.184. The molecule has 17 heavy (non-hydrogen) atoms. The van der Waals surface area contributed by atoms with Crippen LogP contribution in [0.1, 0.15) is 34.2 Å². The second kappa shape index (κ2) is 4.62. The topological polar surface area (TPSA) is 72.7 Å². The fourth-order valence-electron chi connectivity index (χ4n) is 1.54. The molecule has 90 valence electrons. The first kappa shape index (κ1) is 11.7. The van der Waals surface area contributed by atoms with Gasteiger partial charge in [-0.3, -0.25) is 9.48 Å². The molecule has 0 aliphatic rings. The molecule has 1 amide bonds. The van der Waals surface area contributed by atoms with E-state index in [0.29, 0.717) is 4.88 Å². The number of hydrogen-bond acceptors (Lipinski definition) is 5. The molecule has 0 spiro atoms. The van der Waals surface area contributed by atoms with E-state index < -0.39 is 0 Å². The lowest BCUT2D eigenvalue weighted by atomic mass is 10.3. The Balaban J connectivity index is 2.10. The van der Waals surface area contributed by atoms with Gasteiger partial charge in [0.15, 0.2) is 0 Å². The van der Waals surface area contributed by atoms with Crippen molar-refractivity contribution in [3.8, 4) is 0 Å². The Kier molecular flexibility index (Phi) is 3.19. The molecule has 0 saturated carbocycles. The second-order valence-electron chi connectivity index (χ2n) is 3.70. The summed E-state index contributed by atoms with van der Waals surface area (Å²) in [7, 11) is 1.79. The number of aryl methyl sites for hydroxylation is 2. The zero-order valence-corrected chi connectivity index (χ0v) is 10.7. The van der Waals surface area contributed by atoms with Crippen molar-refractivity contribution in [2.45, 2.75) is 19.9 Å². The highest BCUT2D eigenvalue weighted by Gasteiger charge is 2.17. The molecule has 0 aliphatic heterocycles. The first-order chi connectivity index (χ1) is 8.09. The van der Waals surface area contributed by atoms with E-state index in [1.165, 1.54) is 17.7 Å². The first-order valence-corrected chi connectivity index (χ1v) is 6.02. The van der Waals surface area contributed by atoms with E-state index >= 15 is 0 Å². The van der Waals surface area contributed by atoms with Crippen molar-refractivity contribution in [3.63, 3.8) is 0 Å². The zero-order valence-electron chi connectivity index (χ0n) is 9.84. The predicted octanol–water partition coefficient (Wildman–Crippen LogP) is 1.07. The minimum Gasteiger partial charge on any atom is -0.342 e. The Morgan fingerprint density at radius 3 is 2.82 bits per heavy atom. The fourth-order valence-corrected chi connectivity index (χ4v) is 2.25. The number of carbonyl (C=O) groups excluding carboxylic acids is 1. The Labute approximate surface area is 103 Å². The molecule has 1 N–H and O–H groups in total. The number of carbonyl (C=O) groups is 1. The monoisotopic (exact) mass is 251 g/mol. The van der Waals surface area contributed by atoms with Gasteiger partial charge in [-0.2, -0.15) is 5.10 Å². The van der Waals surface area contributed by atoms with E-state index in [9.17, 15) is 4.79 Å². The van der Waals surface area contributed by atoms with Gasteiger partial charge in [-0.1, -0.05) is 0 Å². The number of aromatic nitrogens is 4. The Morgan fingerprint density at radius 1 is 1.53 bits per heavy atom. The van der Waals surface area contributed by atoms with Crippen LogP contribution in [0.4, 0.5) is 0 Å². The lowest BCUT2D eigenvalue weighted by molar-refractivity contribution is 0.0941. The van der Waals surface area contributed by atoms with Gasteiger partial charge in [-0.05, 0) is 13.8 Å². The van der Waals surface area contributed by atoms with Gasteiger partial charge >= 0.3 is 0 Å². The van der Waals surface area contributed by atoms with E-state index in [1.54, 1.807) is 17.2 Å². The minimum atomic E-state index is -0.184. The molecular weight excluding hydrogens is 238 g/mol. The summed E-state index contributed by atoms with van der Waals surface area (Å²) < 4.78 is 1.64. The largest absolute Gasteiger partial charge is 0.342 e. The summed E-state index contributed by atoms with van der Waals surface area (Å²) in [4.78, 5) is 20.7. The molecule has 0 saturated heterocycles. The van der Waals surface area contributed by atoms with Crippen molar-refractivity contribution >= 4 is 17.2 Å². The summed E-state index contributed by atoms with van der Waals surface area (Å²) in [6.45, 7) is 3.69. The Bertz CT molecular complexity index is 532. The molecule has 2 aromatic heterocycles. The second-order valence-corrected chi connectivity index (χ2v) is 4.56. The van der Waals surface area contributed by atoms with Gasteiger partial charge in [-0.25, -0.2) is 9.97 Å². The van der Waals surface area contributed by atoms with Crippen molar-refractivity contribution in [2.24, 2.45) is 7.05 Å². The van der Waals surface area contributed by atoms with Crippen LogP contribution in [0.15, 0.2) is 11.8 Å².